The molecule has 0 saturated heterocycles. The van der Waals surface area contributed by atoms with Crippen molar-refractivity contribution in [3.8, 4) is 0 Å². The van der Waals surface area contributed by atoms with Crippen LogP contribution in [0.15, 0.2) is 36.7 Å². The number of ketones is 1. The van der Waals surface area contributed by atoms with Crippen molar-refractivity contribution in [3.05, 3.63) is 46.8 Å². The van der Waals surface area contributed by atoms with Crippen LogP contribution in [0.2, 0.25) is 0 Å². The van der Waals surface area contributed by atoms with Gasteiger partial charge in [0.2, 0.25) is 5.91 Å². The number of nitrogens with zero attached hydrogens (tertiary/aromatic N) is 1. The van der Waals surface area contributed by atoms with Crippen LogP contribution in [0.4, 0.5) is 0 Å². The molecule has 0 fully saturated rings. The third-order valence-electron chi connectivity index (χ3n) is 1.50. The summed E-state index contributed by atoms with van der Waals surface area (Å²) in [4.78, 5) is 31.5. The third kappa shape index (κ3) is 4.85. The molecule has 6 heteroatoms. The average molecular weight is 224 g/mol. The van der Waals surface area contributed by atoms with Crippen LogP contribution in [0.5, 0.6) is 0 Å². The minimum Gasteiger partial charge on any atom is -0.320 e. The second-order valence-electron chi connectivity index (χ2n) is 2.95. The molecule has 0 spiro atoms. The molecule has 0 radical (unpaired) electrons. The molecule has 86 valence electrons. The van der Waals surface area contributed by atoms with Crippen molar-refractivity contribution in [1.82, 2.24) is 5.32 Å². The van der Waals surface area contributed by atoms with E-state index in [4.69, 9.17) is 0 Å². The number of amides is 1. The van der Waals surface area contributed by atoms with Crippen molar-refractivity contribution in [2.24, 2.45) is 0 Å². The van der Waals surface area contributed by atoms with Gasteiger partial charge in [-0.15, -0.1) is 0 Å². The Morgan fingerprint density at radius 1 is 1.50 bits per heavy atom. The molecular formula is C10H12N2O4. The first-order valence-electron chi connectivity index (χ1n) is 4.34. The number of Topliss-reactive ketones (excluding diaryl/α,β-unsaturated/α-hetero) is 1. The van der Waals surface area contributed by atoms with Crippen LogP contribution in [-0.4, -0.2) is 16.6 Å². The third-order valence-corrected chi connectivity index (χ3v) is 1.50. The highest BCUT2D eigenvalue weighted by Crippen LogP contribution is 2.05. The number of nitrogens with one attached hydrogen (secondary N) is 1. The first-order chi connectivity index (χ1) is 7.38. The quantitative estimate of drug-likeness (QED) is 0.314. The van der Waals surface area contributed by atoms with E-state index in [1.165, 1.54) is 19.1 Å². The molecule has 1 N–H and O–H groups in total. The maximum atomic E-state index is 11.2. The highest BCUT2D eigenvalue weighted by molar-refractivity contribution is 5.97. The molecule has 6 nitrogen and oxygen atoms in total. The fourth-order valence-corrected chi connectivity index (χ4v) is 0.847. The fourth-order valence-electron chi connectivity index (χ4n) is 0.847. The highest BCUT2D eigenvalue weighted by Gasteiger charge is 2.16. The van der Waals surface area contributed by atoms with Gasteiger partial charge in [-0.25, -0.2) is 0 Å². The van der Waals surface area contributed by atoms with Crippen molar-refractivity contribution in [2.75, 3.05) is 0 Å². The maximum Gasteiger partial charge on any atom is 0.285 e. The van der Waals surface area contributed by atoms with E-state index in [1.54, 1.807) is 0 Å². The van der Waals surface area contributed by atoms with E-state index in [0.717, 1.165) is 0 Å². The van der Waals surface area contributed by atoms with Gasteiger partial charge in [-0.2, -0.15) is 0 Å². The van der Waals surface area contributed by atoms with Gasteiger partial charge in [0.05, 0.1) is 11.3 Å². The van der Waals surface area contributed by atoms with E-state index < -0.39 is 16.5 Å². The summed E-state index contributed by atoms with van der Waals surface area (Å²) in [5.41, 5.74) is -0.539. The lowest BCUT2D eigenvalue weighted by Gasteiger charge is -2.05. The largest absolute Gasteiger partial charge is 0.320 e. The summed E-state index contributed by atoms with van der Waals surface area (Å²) in [5.74, 6) is -0.953. The zero-order chi connectivity index (χ0) is 12.7. The Bertz CT molecular complexity index is 382. The van der Waals surface area contributed by atoms with Crippen molar-refractivity contribution in [1.29, 1.82) is 0 Å². The van der Waals surface area contributed by atoms with Gasteiger partial charge in [-0.05, 0) is 19.6 Å². The number of carbonyl (C=O) groups excluding carboxylic acids is 2. The van der Waals surface area contributed by atoms with Crippen molar-refractivity contribution < 1.29 is 14.5 Å². The van der Waals surface area contributed by atoms with Crippen LogP contribution in [0.3, 0.4) is 0 Å². The number of rotatable bonds is 6. The first-order valence-corrected chi connectivity index (χ1v) is 4.34. The summed E-state index contributed by atoms with van der Waals surface area (Å²) in [6.07, 6.45) is 2.18. The van der Waals surface area contributed by atoms with Gasteiger partial charge in [0, 0.05) is 0 Å². The zero-order valence-electron chi connectivity index (χ0n) is 8.86. The van der Waals surface area contributed by atoms with E-state index in [9.17, 15) is 19.7 Å². The SMILES string of the molecule is C=C/C=C(/NC(=O)CC(C)=O)C(=C)[N+](=O)[O-]. The monoisotopic (exact) mass is 224 g/mol. The smallest absolute Gasteiger partial charge is 0.285 e. The zero-order valence-corrected chi connectivity index (χ0v) is 8.86. The van der Waals surface area contributed by atoms with Gasteiger partial charge in [0.1, 0.15) is 11.5 Å². The summed E-state index contributed by atoms with van der Waals surface area (Å²) < 4.78 is 0. The molecule has 0 aliphatic heterocycles. The minimum absolute atomic E-state index is 0.0775. The molecule has 16 heavy (non-hydrogen) atoms. The van der Waals surface area contributed by atoms with Crippen LogP contribution in [-0.2, 0) is 9.59 Å². The molecule has 0 aromatic carbocycles. The second kappa shape index (κ2) is 6.28. The number of allylic oxidation sites excluding steroid dienone is 2. The highest BCUT2D eigenvalue weighted by atomic mass is 16.6. The lowest BCUT2D eigenvalue weighted by atomic mass is 10.2. The van der Waals surface area contributed by atoms with Gasteiger partial charge in [-0.1, -0.05) is 12.7 Å². The average Bonchev–Trinajstić information content (AvgIpc) is 2.14. The van der Waals surface area contributed by atoms with Gasteiger partial charge >= 0.3 is 0 Å². The van der Waals surface area contributed by atoms with Crippen molar-refractivity contribution in [2.45, 2.75) is 13.3 Å². The van der Waals surface area contributed by atoms with E-state index in [1.807, 2.05) is 0 Å². The molecule has 0 bridgehead atoms. The van der Waals surface area contributed by atoms with E-state index in [-0.39, 0.29) is 17.9 Å². The van der Waals surface area contributed by atoms with Crippen molar-refractivity contribution >= 4 is 11.7 Å². The number of carbonyl (C=O) groups is 2. The summed E-state index contributed by atoms with van der Waals surface area (Å²) >= 11 is 0. The number of hydrogen-bond donors (Lipinski definition) is 1. The standard InChI is InChI=1S/C10H12N2O4/c1-4-5-9(8(3)12(15)16)11-10(14)6-7(2)13/h4-5H,1,3,6H2,2H3,(H,11,14)/b9-5+. The van der Waals surface area contributed by atoms with Crippen LogP contribution in [0.25, 0.3) is 0 Å². The maximum absolute atomic E-state index is 11.2. The lowest BCUT2D eigenvalue weighted by Crippen LogP contribution is -2.26. The molecule has 0 aliphatic rings. The summed E-state index contributed by atoms with van der Waals surface area (Å²) in [6.45, 7) is 7.79. The molecule has 0 aromatic heterocycles. The molecule has 0 rings (SSSR count). The molecule has 0 saturated carbocycles. The predicted molar refractivity (Wildman–Crippen MR) is 57.9 cm³/mol. The van der Waals surface area contributed by atoms with Crippen LogP contribution >= 0.6 is 0 Å². The van der Waals surface area contributed by atoms with Gasteiger partial charge in [0.15, 0.2) is 0 Å². The Morgan fingerprint density at radius 2 is 2.06 bits per heavy atom. The normalized spacial score (nSPS) is 10.4. The molecule has 0 heterocycles. The minimum atomic E-state index is -0.733. The Hall–Kier alpha value is -2.24. The summed E-state index contributed by atoms with van der Waals surface area (Å²) in [7, 11) is 0. The van der Waals surface area contributed by atoms with Crippen LogP contribution < -0.4 is 5.32 Å². The fraction of sp³-hybridized carbons (Fsp3) is 0.200. The number of hydrogen-bond acceptors (Lipinski definition) is 4. The van der Waals surface area contributed by atoms with E-state index in [0.29, 0.717) is 0 Å². The molecule has 0 aromatic rings. The van der Waals surface area contributed by atoms with Crippen molar-refractivity contribution in [3.63, 3.8) is 0 Å². The molecule has 1 amide bonds. The Labute approximate surface area is 92.5 Å². The second-order valence-corrected chi connectivity index (χ2v) is 2.95. The van der Waals surface area contributed by atoms with Crippen LogP contribution in [0, 0.1) is 10.1 Å². The summed E-state index contributed by atoms with van der Waals surface area (Å²) in [5, 5.41) is 12.7. The summed E-state index contributed by atoms with van der Waals surface area (Å²) in [6, 6.07) is 0. The molecular weight excluding hydrogens is 212 g/mol. The van der Waals surface area contributed by atoms with Gasteiger partial charge < -0.3 is 5.32 Å². The topological polar surface area (TPSA) is 89.3 Å². The molecule has 0 atom stereocenters. The van der Waals surface area contributed by atoms with E-state index >= 15 is 0 Å². The Balaban J connectivity index is 4.72. The number of nitro groups is 1. The molecule has 0 aliphatic carbocycles. The van der Waals surface area contributed by atoms with E-state index in [2.05, 4.69) is 18.5 Å². The Kier molecular flexibility index (Phi) is 5.40. The van der Waals surface area contributed by atoms with Gasteiger partial charge in [-0.3, -0.25) is 19.7 Å². The Morgan fingerprint density at radius 3 is 2.44 bits per heavy atom. The van der Waals surface area contributed by atoms with Gasteiger partial charge in [0.25, 0.3) is 5.70 Å². The predicted octanol–water partition coefficient (Wildman–Crippen LogP) is 0.942. The molecule has 0 unspecified atom stereocenters. The lowest BCUT2D eigenvalue weighted by molar-refractivity contribution is -0.420. The first kappa shape index (κ1) is 13.8. The van der Waals surface area contributed by atoms with Crippen LogP contribution in [0.1, 0.15) is 13.3 Å².